The Labute approximate surface area is 140 Å². The minimum absolute atomic E-state index is 0.217. The lowest BCUT2D eigenvalue weighted by atomic mass is 10.3. The molecular weight excluding hydrogens is 312 g/mol. The van der Waals surface area contributed by atoms with Crippen molar-refractivity contribution in [3.05, 3.63) is 42.5 Å². The van der Waals surface area contributed by atoms with Crippen molar-refractivity contribution in [1.29, 1.82) is 0 Å². The number of carbonyl (C=O) groups excluding carboxylic acids is 1. The van der Waals surface area contributed by atoms with E-state index in [2.05, 4.69) is 0 Å². The van der Waals surface area contributed by atoms with Gasteiger partial charge in [-0.05, 0) is 31.2 Å². The molecule has 0 amide bonds. The summed E-state index contributed by atoms with van der Waals surface area (Å²) in [6, 6.07) is 12.2. The van der Waals surface area contributed by atoms with Gasteiger partial charge in [0.1, 0.15) is 0 Å². The third-order valence-electron chi connectivity index (χ3n) is 3.09. The van der Waals surface area contributed by atoms with E-state index in [9.17, 15) is 4.79 Å². The van der Waals surface area contributed by atoms with Gasteiger partial charge in [-0.1, -0.05) is 18.2 Å². The van der Waals surface area contributed by atoms with Gasteiger partial charge in [-0.25, -0.2) is 4.79 Å². The second-order valence-electron chi connectivity index (χ2n) is 4.63. The van der Waals surface area contributed by atoms with Crippen LogP contribution in [0.2, 0.25) is 0 Å². The summed E-state index contributed by atoms with van der Waals surface area (Å²) in [4.78, 5) is 12.1. The van der Waals surface area contributed by atoms with Gasteiger partial charge in [-0.15, -0.1) is 0 Å². The van der Waals surface area contributed by atoms with Gasteiger partial charge in [0.05, 0.1) is 20.8 Å². The van der Waals surface area contributed by atoms with Gasteiger partial charge in [-0.2, -0.15) is 0 Å². The normalized spacial score (nSPS) is 9.96. The molecule has 128 valence electrons. The Kier molecular flexibility index (Phi) is 6.31. The number of methoxy groups -OCH3 is 2. The fraction of sp³-hybridized carbons (Fsp3) is 0.278. The first-order chi connectivity index (χ1) is 11.7. The van der Waals surface area contributed by atoms with Gasteiger partial charge in [0.15, 0.2) is 29.6 Å². The van der Waals surface area contributed by atoms with E-state index < -0.39 is 5.97 Å². The summed E-state index contributed by atoms with van der Waals surface area (Å²) in [6.45, 7) is 2.10. The molecule has 0 unspecified atom stereocenters. The minimum atomic E-state index is -0.580. The Hall–Kier alpha value is -2.89. The number of hydrogen-bond acceptors (Lipinski definition) is 6. The number of benzene rings is 2. The van der Waals surface area contributed by atoms with E-state index >= 15 is 0 Å². The smallest absolute Gasteiger partial charge is 0.349 e. The Morgan fingerprint density at radius 2 is 1.38 bits per heavy atom. The molecule has 2 rings (SSSR count). The first-order valence-electron chi connectivity index (χ1n) is 7.45. The van der Waals surface area contributed by atoms with Crippen LogP contribution in [0.15, 0.2) is 42.5 Å². The van der Waals surface area contributed by atoms with Gasteiger partial charge in [-0.3, -0.25) is 0 Å². The molecule has 0 radical (unpaired) electrons. The van der Waals surface area contributed by atoms with Crippen molar-refractivity contribution in [2.24, 2.45) is 0 Å². The molecule has 2 aromatic rings. The molecule has 6 nitrogen and oxygen atoms in total. The zero-order valence-corrected chi connectivity index (χ0v) is 13.9. The SMILES string of the molecule is CCOc1ccccc1OCC(=O)Oc1c(OC)cccc1OC. The molecule has 0 aromatic heterocycles. The number of esters is 1. The molecule has 0 saturated heterocycles. The van der Waals surface area contributed by atoms with Crippen LogP contribution >= 0.6 is 0 Å². The lowest BCUT2D eigenvalue weighted by molar-refractivity contribution is -0.136. The van der Waals surface area contributed by atoms with Crippen molar-refractivity contribution in [1.82, 2.24) is 0 Å². The van der Waals surface area contributed by atoms with Crippen molar-refractivity contribution in [3.8, 4) is 28.7 Å². The van der Waals surface area contributed by atoms with Crippen LogP contribution in [0.3, 0.4) is 0 Å². The Morgan fingerprint density at radius 3 is 1.92 bits per heavy atom. The molecule has 0 aliphatic heterocycles. The summed E-state index contributed by atoms with van der Waals surface area (Å²) in [5.74, 6) is 1.49. The zero-order chi connectivity index (χ0) is 17.4. The maximum Gasteiger partial charge on any atom is 0.349 e. The van der Waals surface area contributed by atoms with E-state index in [1.807, 2.05) is 13.0 Å². The van der Waals surface area contributed by atoms with Crippen LogP contribution in [-0.2, 0) is 4.79 Å². The monoisotopic (exact) mass is 332 g/mol. The third kappa shape index (κ3) is 4.32. The number of hydrogen-bond donors (Lipinski definition) is 0. The van der Waals surface area contributed by atoms with Crippen molar-refractivity contribution >= 4 is 5.97 Å². The van der Waals surface area contributed by atoms with Crippen LogP contribution in [-0.4, -0.2) is 33.4 Å². The van der Waals surface area contributed by atoms with Gasteiger partial charge < -0.3 is 23.7 Å². The molecule has 6 heteroatoms. The highest BCUT2D eigenvalue weighted by Crippen LogP contribution is 2.36. The molecule has 0 aliphatic carbocycles. The molecule has 0 fully saturated rings. The largest absolute Gasteiger partial charge is 0.493 e. The summed E-state index contributed by atoms with van der Waals surface area (Å²) in [5.41, 5.74) is 0. The van der Waals surface area contributed by atoms with Crippen LogP contribution in [0.4, 0.5) is 0 Å². The summed E-state index contributed by atoms with van der Waals surface area (Å²) in [7, 11) is 2.97. The first-order valence-corrected chi connectivity index (χ1v) is 7.45. The number of para-hydroxylation sites is 3. The summed E-state index contributed by atoms with van der Waals surface area (Å²) in [5, 5.41) is 0. The standard InChI is InChI=1S/C18H20O6/c1-4-22-13-8-5-6-9-14(13)23-12-17(19)24-18-15(20-2)10-7-11-16(18)21-3/h5-11H,4,12H2,1-3H3. The summed E-state index contributed by atoms with van der Waals surface area (Å²) >= 11 is 0. The fourth-order valence-corrected chi connectivity index (χ4v) is 2.04. The lowest BCUT2D eigenvalue weighted by Gasteiger charge is -2.14. The van der Waals surface area contributed by atoms with Crippen LogP contribution in [0.25, 0.3) is 0 Å². The van der Waals surface area contributed by atoms with Gasteiger partial charge >= 0.3 is 5.97 Å². The van der Waals surface area contributed by atoms with Gasteiger partial charge in [0.25, 0.3) is 0 Å². The molecule has 24 heavy (non-hydrogen) atoms. The highest BCUT2D eigenvalue weighted by atomic mass is 16.6. The van der Waals surface area contributed by atoms with Crippen molar-refractivity contribution in [2.45, 2.75) is 6.92 Å². The number of carbonyl (C=O) groups is 1. The highest BCUT2D eigenvalue weighted by molar-refractivity contribution is 5.76. The van der Waals surface area contributed by atoms with E-state index in [1.54, 1.807) is 36.4 Å². The number of ether oxygens (including phenoxy) is 5. The molecule has 0 bridgehead atoms. The van der Waals surface area contributed by atoms with Crippen molar-refractivity contribution in [2.75, 3.05) is 27.4 Å². The second-order valence-corrected chi connectivity index (χ2v) is 4.63. The molecule has 0 saturated carbocycles. The number of rotatable bonds is 8. The van der Waals surface area contributed by atoms with E-state index in [0.29, 0.717) is 29.6 Å². The van der Waals surface area contributed by atoms with E-state index in [4.69, 9.17) is 23.7 Å². The highest BCUT2D eigenvalue weighted by Gasteiger charge is 2.16. The van der Waals surface area contributed by atoms with E-state index in [1.165, 1.54) is 14.2 Å². The first kappa shape index (κ1) is 17.5. The van der Waals surface area contributed by atoms with Gasteiger partial charge in [0, 0.05) is 0 Å². The van der Waals surface area contributed by atoms with Crippen LogP contribution in [0, 0.1) is 0 Å². The quantitative estimate of drug-likeness (QED) is 0.547. The average molecular weight is 332 g/mol. The maximum absolute atomic E-state index is 12.1. The van der Waals surface area contributed by atoms with Crippen molar-refractivity contribution < 1.29 is 28.5 Å². The predicted molar refractivity (Wildman–Crippen MR) is 88.3 cm³/mol. The molecule has 0 spiro atoms. The molecule has 0 heterocycles. The fourth-order valence-electron chi connectivity index (χ4n) is 2.04. The maximum atomic E-state index is 12.1. The minimum Gasteiger partial charge on any atom is -0.493 e. The Balaban J connectivity index is 2.05. The molecule has 2 aromatic carbocycles. The zero-order valence-electron chi connectivity index (χ0n) is 13.9. The lowest BCUT2D eigenvalue weighted by Crippen LogP contribution is -2.18. The third-order valence-corrected chi connectivity index (χ3v) is 3.09. The van der Waals surface area contributed by atoms with E-state index in [0.717, 1.165) is 0 Å². The molecule has 0 N–H and O–H groups in total. The summed E-state index contributed by atoms with van der Waals surface area (Å²) in [6.07, 6.45) is 0. The van der Waals surface area contributed by atoms with Crippen LogP contribution < -0.4 is 23.7 Å². The summed E-state index contributed by atoms with van der Waals surface area (Å²) < 4.78 is 26.6. The van der Waals surface area contributed by atoms with E-state index in [-0.39, 0.29) is 12.4 Å². The van der Waals surface area contributed by atoms with Crippen LogP contribution in [0.1, 0.15) is 6.92 Å². The molecular formula is C18H20O6. The average Bonchev–Trinajstić information content (AvgIpc) is 2.61. The Bertz CT molecular complexity index is 661. The topological polar surface area (TPSA) is 63.2 Å². The van der Waals surface area contributed by atoms with Crippen LogP contribution in [0.5, 0.6) is 28.7 Å². The molecule has 0 aliphatic rings. The van der Waals surface area contributed by atoms with Gasteiger partial charge in [0.2, 0.25) is 5.75 Å². The predicted octanol–water partition coefficient (Wildman–Crippen LogP) is 3.09. The van der Waals surface area contributed by atoms with Crippen molar-refractivity contribution in [3.63, 3.8) is 0 Å². The Morgan fingerprint density at radius 1 is 0.833 bits per heavy atom. The molecule has 0 atom stereocenters. The second kappa shape index (κ2) is 8.67.